The number of hydrogen-bond acceptors (Lipinski definition) is 4. The number of rotatable bonds is 2. The van der Waals surface area contributed by atoms with Gasteiger partial charge < -0.3 is 10.0 Å². The van der Waals surface area contributed by atoms with Gasteiger partial charge in [-0.1, -0.05) is 0 Å². The average Bonchev–Trinajstić information content (AvgIpc) is 2.30. The first kappa shape index (κ1) is 11.3. The van der Waals surface area contributed by atoms with Crippen LogP contribution in [-0.2, 0) is 0 Å². The second-order valence-corrected chi connectivity index (χ2v) is 4.61. The summed E-state index contributed by atoms with van der Waals surface area (Å²) in [5.74, 6) is 0.923. The molecule has 1 saturated carbocycles. The molecule has 0 saturated heterocycles. The second kappa shape index (κ2) is 4.78. The zero-order valence-corrected chi connectivity index (χ0v) is 9.93. The summed E-state index contributed by atoms with van der Waals surface area (Å²) in [5, 5.41) is 17.7. The highest BCUT2D eigenvalue weighted by atomic mass is 16.3. The number of aryl methyl sites for hydroxylation is 1. The Morgan fingerprint density at radius 2 is 1.88 bits per heavy atom. The molecule has 0 aromatic carbocycles. The van der Waals surface area contributed by atoms with Crippen LogP contribution in [0.5, 0.6) is 0 Å². The lowest BCUT2D eigenvalue weighted by atomic mass is 9.92. The summed E-state index contributed by atoms with van der Waals surface area (Å²) in [6, 6.07) is 4.48. The third kappa shape index (κ3) is 2.50. The van der Waals surface area contributed by atoms with Gasteiger partial charge in [-0.3, -0.25) is 0 Å². The van der Waals surface area contributed by atoms with Crippen molar-refractivity contribution in [3.8, 4) is 0 Å². The highest BCUT2D eigenvalue weighted by Gasteiger charge is 2.23. The Kier molecular flexibility index (Phi) is 3.39. The van der Waals surface area contributed by atoms with E-state index >= 15 is 0 Å². The Morgan fingerprint density at radius 1 is 1.19 bits per heavy atom. The molecule has 4 nitrogen and oxygen atoms in total. The lowest BCUT2D eigenvalue weighted by Gasteiger charge is -2.33. The van der Waals surface area contributed by atoms with Crippen molar-refractivity contribution < 1.29 is 5.11 Å². The Labute approximate surface area is 96.3 Å². The minimum atomic E-state index is -0.103. The summed E-state index contributed by atoms with van der Waals surface area (Å²) >= 11 is 0. The number of hydrogen-bond donors (Lipinski definition) is 1. The first-order chi connectivity index (χ1) is 7.66. The van der Waals surface area contributed by atoms with Crippen molar-refractivity contribution in [3.05, 3.63) is 17.8 Å². The number of aromatic nitrogens is 2. The summed E-state index contributed by atoms with van der Waals surface area (Å²) < 4.78 is 0. The SMILES string of the molecule is Cc1ccc(N(C)C2CCC(O)CC2)nn1. The van der Waals surface area contributed by atoms with Crippen molar-refractivity contribution in [2.24, 2.45) is 0 Å². The second-order valence-electron chi connectivity index (χ2n) is 4.61. The molecule has 1 fully saturated rings. The topological polar surface area (TPSA) is 49.2 Å². The summed E-state index contributed by atoms with van der Waals surface area (Å²) in [6.45, 7) is 1.94. The summed E-state index contributed by atoms with van der Waals surface area (Å²) in [7, 11) is 2.06. The molecule has 0 bridgehead atoms. The van der Waals surface area contributed by atoms with Crippen LogP contribution in [0.25, 0.3) is 0 Å². The molecule has 16 heavy (non-hydrogen) atoms. The van der Waals surface area contributed by atoms with Gasteiger partial charge in [0.1, 0.15) is 0 Å². The average molecular weight is 221 g/mol. The van der Waals surface area contributed by atoms with Crippen LogP contribution in [0.3, 0.4) is 0 Å². The fourth-order valence-electron chi connectivity index (χ4n) is 2.21. The quantitative estimate of drug-likeness (QED) is 0.822. The van der Waals surface area contributed by atoms with Gasteiger partial charge in [0.15, 0.2) is 5.82 Å². The van der Waals surface area contributed by atoms with Crippen LogP contribution in [0, 0.1) is 6.92 Å². The first-order valence-electron chi connectivity index (χ1n) is 5.88. The molecule has 1 aliphatic carbocycles. The molecule has 0 atom stereocenters. The van der Waals surface area contributed by atoms with Gasteiger partial charge in [0.05, 0.1) is 11.8 Å². The van der Waals surface area contributed by atoms with Gasteiger partial charge >= 0.3 is 0 Å². The lowest BCUT2D eigenvalue weighted by Crippen LogP contribution is -2.36. The molecule has 1 aromatic heterocycles. The Morgan fingerprint density at radius 3 is 2.44 bits per heavy atom. The van der Waals surface area contributed by atoms with E-state index in [1.54, 1.807) is 0 Å². The van der Waals surface area contributed by atoms with Crippen LogP contribution in [0.2, 0.25) is 0 Å². The molecule has 0 unspecified atom stereocenters. The monoisotopic (exact) mass is 221 g/mol. The van der Waals surface area contributed by atoms with Crippen molar-refractivity contribution in [1.29, 1.82) is 0 Å². The van der Waals surface area contributed by atoms with Gasteiger partial charge in [-0.05, 0) is 44.7 Å². The van der Waals surface area contributed by atoms with Crippen LogP contribution >= 0.6 is 0 Å². The van der Waals surface area contributed by atoms with Crippen LogP contribution < -0.4 is 4.90 Å². The number of aliphatic hydroxyl groups is 1. The van der Waals surface area contributed by atoms with Crippen molar-refractivity contribution in [3.63, 3.8) is 0 Å². The van der Waals surface area contributed by atoms with Gasteiger partial charge in [-0.25, -0.2) is 0 Å². The highest BCUT2D eigenvalue weighted by Crippen LogP contribution is 2.24. The molecule has 88 valence electrons. The molecule has 1 heterocycles. The summed E-state index contributed by atoms with van der Waals surface area (Å²) in [4.78, 5) is 2.18. The maximum atomic E-state index is 9.47. The smallest absolute Gasteiger partial charge is 0.151 e. The van der Waals surface area contributed by atoms with Crippen LogP contribution in [0.4, 0.5) is 5.82 Å². The van der Waals surface area contributed by atoms with E-state index in [2.05, 4.69) is 22.1 Å². The molecule has 1 aromatic rings. The minimum absolute atomic E-state index is 0.103. The van der Waals surface area contributed by atoms with E-state index in [0.717, 1.165) is 37.2 Å². The zero-order chi connectivity index (χ0) is 11.5. The van der Waals surface area contributed by atoms with Crippen LogP contribution in [0.15, 0.2) is 12.1 Å². The van der Waals surface area contributed by atoms with E-state index < -0.39 is 0 Å². The number of nitrogens with zero attached hydrogens (tertiary/aromatic N) is 3. The molecule has 0 radical (unpaired) electrons. The summed E-state index contributed by atoms with van der Waals surface area (Å²) in [6.07, 6.45) is 3.76. The van der Waals surface area contributed by atoms with Gasteiger partial charge in [0, 0.05) is 13.1 Å². The Hall–Kier alpha value is -1.16. The van der Waals surface area contributed by atoms with Gasteiger partial charge in [-0.15, -0.1) is 5.10 Å². The number of anilines is 1. The van der Waals surface area contributed by atoms with Crippen molar-refractivity contribution in [2.75, 3.05) is 11.9 Å². The van der Waals surface area contributed by atoms with Gasteiger partial charge in [0.2, 0.25) is 0 Å². The van der Waals surface area contributed by atoms with Crippen molar-refractivity contribution in [2.45, 2.75) is 44.8 Å². The van der Waals surface area contributed by atoms with E-state index in [0.29, 0.717) is 6.04 Å². The fourth-order valence-corrected chi connectivity index (χ4v) is 2.21. The normalized spacial score (nSPS) is 25.4. The van der Waals surface area contributed by atoms with E-state index in [4.69, 9.17) is 0 Å². The molecular weight excluding hydrogens is 202 g/mol. The van der Waals surface area contributed by atoms with E-state index in [-0.39, 0.29) is 6.10 Å². The lowest BCUT2D eigenvalue weighted by molar-refractivity contribution is 0.122. The molecule has 1 N–H and O–H groups in total. The zero-order valence-electron chi connectivity index (χ0n) is 9.93. The predicted molar refractivity (Wildman–Crippen MR) is 63.4 cm³/mol. The summed E-state index contributed by atoms with van der Waals surface area (Å²) in [5.41, 5.74) is 0.941. The van der Waals surface area contributed by atoms with Gasteiger partial charge in [0.25, 0.3) is 0 Å². The standard InChI is InChI=1S/C12H19N3O/c1-9-3-8-12(14-13-9)15(2)10-4-6-11(16)7-5-10/h3,8,10-11,16H,4-7H2,1-2H3. The third-order valence-electron chi connectivity index (χ3n) is 3.36. The van der Waals surface area contributed by atoms with Gasteiger partial charge in [-0.2, -0.15) is 5.10 Å². The Balaban J connectivity index is 2.01. The van der Waals surface area contributed by atoms with Crippen LogP contribution in [-0.4, -0.2) is 34.5 Å². The van der Waals surface area contributed by atoms with E-state index in [1.807, 2.05) is 19.1 Å². The minimum Gasteiger partial charge on any atom is -0.393 e. The first-order valence-corrected chi connectivity index (χ1v) is 5.88. The number of aliphatic hydroxyl groups excluding tert-OH is 1. The molecule has 0 aliphatic heterocycles. The predicted octanol–water partition coefficient (Wildman–Crippen LogP) is 1.52. The highest BCUT2D eigenvalue weighted by molar-refractivity contribution is 5.37. The largest absolute Gasteiger partial charge is 0.393 e. The van der Waals surface area contributed by atoms with E-state index in [1.165, 1.54) is 0 Å². The molecule has 0 amide bonds. The maximum Gasteiger partial charge on any atom is 0.151 e. The fraction of sp³-hybridized carbons (Fsp3) is 0.667. The third-order valence-corrected chi connectivity index (χ3v) is 3.36. The van der Waals surface area contributed by atoms with Crippen molar-refractivity contribution >= 4 is 5.82 Å². The maximum absolute atomic E-state index is 9.47. The van der Waals surface area contributed by atoms with Crippen LogP contribution in [0.1, 0.15) is 31.4 Å². The molecule has 2 rings (SSSR count). The van der Waals surface area contributed by atoms with E-state index in [9.17, 15) is 5.11 Å². The Bertz CT molecular complexity index is 331. The molecular formula is C12H19N3O. The molecule has 1 aliphatic rings. The van der Waals surface area contributed by atoms with Crippen molar-refractivity contribution in [1.82, 2.24) is 10.2 Å². The molecule has 4 heteroatoms. The molecule has 0 spiro atoms.